The third-order valence-electron chi connectivity index (χ3n) is 4.42. The lowest BCUT2D eigenvalue weighted by molar-refractivity contribution is 0.0677. The van der Waals surface area contributed by atoms with E-state index in [1.54, 1.807) is 6.07 Å². The summed E-state index contributed by atoms with van der Waals surface area (Å²) in [5.74, 6) is 1.79. The smallest absolute Gasteiger partial charge is 0.272 e. The molecule has 1 aliphatic rings. The summed E-state index contributed by atoms with van der Waals surface area (Å²) in [4.78, 5) is 24.2. The van der Waals surface area contributed by atoms with Gasteiger partial charge >= 0.3 is 0 Å². The van der Waals surface area contributed by atoms with Gasteiger partial charge in [-0.1, -0.05) is 37.3 Å². The summed E-state index contributed by atoms with van der Waals surface area (Å²) in [7, 11) is 0. The number of nitrogens with zero attached hydrogens (tertiary/aromatic N) is 3. The highest BCUT2D eigenvalue weighted by Crippen LogP contribution is 2.22. The van der Waals surface area contributed by atoms with E-state index in [0.717, 1.165) is 25.1 Å². The molecule has 1 aliphatic heterocycles. The number of benzene rings is 1. The molecule has 1 fully saturated rings. The second-order valence-electron chi connectivity index (χ2n) is 8.20. The van der Waals surface area contributed by atoms with Gasteiger partial charge in [0.1, 0.15) is 11.5 Å². The Bertz CT molecular complexity index is 767. The standard InChI is InChI=1S/C21H28N4O/c1-15-9-8-12-25(14-15)20(26)17-13-18(24-21(2,3)4)23-19(22-17)16-10-6-5-7-11-16/h5-7,10-11,13,15H,8-9,12,14H2,1-4H3,(H,22,23,24). The highest BCUT2D eigenvalue weighted by Gasteiger charge is 2.24. The molecule has 0 aliphatic carbocycles. The Morgan fingerprint density at radius 1 is 1.19 bits per heavy atom. The molecule has 1 N–H and O–H groups in total. The number of rotatable bonds is 3. The van der Waals surface area contributed by atoms with Gasteiger partial charge in [0.2, 0.25) is 0 Å². The third-order valence-corrected chi connectivity index (χ3v) is 4.42. The molecular formula is C21H28N4O. The minimum atomic E-state index is -0.151. The first-order valence-corrected chi connectivity index (χ1v) is 9.34. The number of carbonyl (C=O) groups is 1. The van der Waals surface area contributed by atoms with Crippen LogP contribution in [-0.2, 0) is 0 Å². The van der Waals surface area contributed by atoms with E-state index in [4.69, 9.17) is 0 Å². The van der Waals surface area contributed by atoms with Crippen LogP contribution in [0.5, 0.6) is 0 Å². The monoisotopic (exact) mass is 352 g/mol. The zero-order valence-corrected chi connectivity index (χ0v) is 16.1. The minimum absolute atomic E-state index is 0.00640. The maximum Gasteiger partial charge on any atom is 0.272 e. The van der Waals surface area contributed by atoms with Crippen molar-refractivity contribution in [3.8, 4) is 11.4 Å². The predicted octanol–water partition coefficient (Wildman–Crippen LogP) is 4.23. The van der Waals surface area contributed by atoms with Crippen LogP contribution >= 0.6 is 0 Å². The molecule has 1 aromatic heterocycles. The molecule has 1 atom stereocenters. The molecule has 0 saturated carbocycles. The first-order chi connectivity index (χ1) is 12.3. The highest BCUT2D eigenvalue weighted by atomic mass is 16.2. The summed E-state index contributed by atoms with van der Waals surface area (Å²) < 4.78 is 0. The molecular weight excluding hydrogens is 324 g/mol. The topological polar surface area (TPSA) is 58.1 Å². The molecule has 3 rings (SSSR count). The largest absolute Gasteiger partial charge is 0.365 e. The van der Waals surface area contributed by atoms with E-state index < -0.39 is 0 Å². The van der Waals surface area contributed by atoms with Crippen molar-refractivity contribution in [3.63, 3.8) is 0 Å². The van der Waals surface area contributed by atoms with Crippen molar-refractivity contribution < 1.29 is 4.79 Å². The molecule has 5 nitrogen and oxygen atoms in total. The second kappa shape index (κ2) is 7.44. The van der Waals surface area contributed by atoms with Gasteiger partial charge in [0.05, 0.1) is 0 Å². The average Bonchev–Trinajstić information content (AvgIpc) is 2.60. The van der Waals surface area contributed by atoms with Crippen LogP contribution in [0.4, 0.5) is 5.82 Å². The maximum absolute atomic E-state index is 13.1. The van der Waals surface area contributed by atoms with Crippen LogP contribution in [0.25, 0.3) is 11.4 Å². The van der Waals surface area contributed by atoms with Gasteiger partial charge < -0.3 is 10.2 Å². The second-order valence-corrected chi connectivity index (χ2v) is 8.20. The van der Waals surface area contributed by atoms with Gasteiger partial charge in [-0.2, -0.15) is 0 Å². The van der Waals surface area contributed by atoms with Crippen LogP contribution < -0.4 is 5.32 Å². The fraction of sp³-hybridized carbons (Fsp3) is 0.476. The van der Waals surface area contributed by atoms with Gasteiger partial charge in [0.15, 0.2) is 5.82 Å². The number of carbonyl (C=O) groups excluding carboxylic acids is 1. The third kappa shape index (κ3) is 4.59. The number of hydrogen-bond acceptors (Lipinski definition) is 4. The molecule has 2 heterocycles. The number of likely N-dealkylation sites (tertiary alicyclic amines) is 1. The van der Waals surface area contributed by atoms with Gasteiger partial charge in [-0.05, 0) is 39.5 Å². The zero-order valence-electron chi connectivity index (χ0n) is 16.1. The first kappa shape index (κ1) is 18.4. The van der Waals surface area contributed by atoms with Crippen LogP contribution in [0.3, 0.4) is 0 Å². The van der Waals surface area contributed by atoms with Gasteiger partial charge in [0, 0.05) is 30.3 Å². The molecule has 0 radical (unpaired) electrons. The molecule has 2 aromatic rings. The molecule has 0 spiro atoms. The van der Waals surface area contributed by atoms with Crippen LogP contribution in [0, 0.1) is 5.92 Å². The lowest BCUT2D eigenvalue weighted by atomic mass is 10.00. The molecule has 5 heteroatoms. The van der Waals surface area contributed by atoms with Crippen molar-refractivity contribution in [3.05, 3.63) is 42.1 Å². The van der Waals surface area contributed by atoms with Crippen molar-refractivity contribution in [2.45, 2.75) is 46.1 Å². The van der Waals surface area contributed by atoms with E-state index in [1.165, 1.54) is 6.42 Å². The van der Waals surface area contributed by atoms with Crippen LogP contribution in [0.15, 0.2) is 36.4 Å². The van der Waals surface area contributed by atoms with Crippen LogP contribution in [0.2, 0.25) is 0 Å². The van der Waals surface area contributed by atoms with Gasteiger partial charge in [0.25, 0.3) is 5.91 Å². The molecule has 1 saturated heterocycles. The Morgan fingerprint density at radius 2 is 1.92 bits per heavy atom. The predicted molar refractivity (Wildman–Crippen MR) is 105 cm³/mol. The Hall–Kier alpha value is -2.43. The Morgan fingerprint density at radius 3 is 2.58 bits per heavy atom. The fourth-order valence-corrected chi connectivity index (χ4v) is 3.26. The van der Waals surface area contributed by atoms with Crippen molar-refractivity contribution in [2.75, 3.05) is 18.4 Å². The van der Waals surface area contributed by atoms with Gasteiger partial charge in [-0.25, -0.2) is 9.97 Å². The number of hydrogen-bond donors (Lipinski definition) is 1. The van der Waals surface area contributed by atoms with Crippen molar-refractivity contribution >= 4 is 11.7 Å². The molecule has 1 amide bonds. The van der Waals surface area contributed by atoms with Gasteiger partial charge in [-0.3, -0.25) is 4.79 Å². The summed E-state index contributed by atoms with van der Waals surface area (Å²) >= 11 is 0. The quantitative estimate of drug-likeness (QED) is 0.898. The molecule has 138 valence electrons. The summed E-state index contributed by atoms with van der Waals surface area (Å²) in [5, 5.41) is 3.38. The Labute approximate surface area is 155 Å². The van der Waals surface area contributed by atoms with Crippen LogP contribution in [-0.4, -0.2) is 39.4 Å². The molecule has 1 aromatic carbocycles. The average molecular weight is 352 g/mol. The highest BCUT2D eigenvalue weighted by molar-refractivity contribution is 5.93. The fourth-order valence-electron chi connectivity index (χ4n) is 3.26. The Kier molecular flexibility index (Phi) is 5.25. The number of amides is 1. The first-order valence-electron chi connectivity index (χ1n) is 9.34. The number of anilines is 1. The SMILES string of the molecule is CC1CCCN(C(=O)c2cc(NC(C)(C)C)nc(-c3ccccc3)n2)C1. The summed E-state index contributed by atoms with van der Waals surface area (Å²) in [5.41, 5.74) is 1.22. The number of aromatic nitrogens is 2. The van der Waals surface area contributed by atoms with E-state index in [9.17, 15) is 4.79 Å². The summed E-state index contributed by atoms with van der Waals surface area (Å²) in [6.07, 6.45) is 2.23. The van der Waals surface area contributed by atoms with E-state index in [1.807, 2.05) is 35.2 Å². The molecule has 26 heavy (non-hydrogen) atoms. The van der Waals surface area contributed by atoms with E-state index in [0.29, 0.717) is 23.3 Å². The van der Waals surface area contributed by atoms with E-state index >= 15 is 0 Å². The lowest BCUT2D eigenvalue weighted by Gasteiger charge is -2.31. The number of nitrogens with one attached hydrogen (secondary N) is 1. The maximum atomic E-state index is 13.1. The summed E-state index contributed by atoms with van der Waals surface area (Å²) in [6, 6.07) is 11.6. The van der Waals surface area contributed by atoms with Crippen molar-refractivity contribution in [1.29, 1.82) is 0 Å². The summed E-state index contributed by atoms with van der Waals surface area (Å²) in [6.45, 7) is 10.0. The molecule has 1 unspecified atom stereocenters. The Balaban J connectivity index is 1.97. The zero-order chi connectivity index (χ0) is 18.7. The number of piperidine rings is 1. The van der Waals surface area contributed by atoms with Crippen LogP contribution in [0.1, 0.15) is 51.0 Å². The molecule has 0 bridgehead atoms. The van der Waals surface area contributed by atoms with E-state index in [-0.39, 0.29) is 11.4 Å². The lowest BCUT2D eigenvalue weighted by Crippen LogP contribution is -2.39. The van der Waals surface area contributed by atoms with E-state index in [2.05, 4.69) is 43.0 Å². The van der Waals surface area contributed by atoms with Crippen molar-refractivity contribution in [1.82, 2.24) is 14.9 Å². The normalized spacial score (nSPS) is 17.8. The van der Waals surface area contributed by atoms with Crippen molar-refractivity contribution in [2.24, 2.45) is 5.92 Å². The van der Waals surface area contributed by atoms with Gasteiger partial charge in [-0.15, -0.1) is 0 Å². The minimum Gasteiger partial charge on any atom is -0.365 e.